The molecule has 0 fully saturated rings. The van der Waals surface area contributed by atoms with Crippen LogP contribution in [0.5, 0.6) is 0 Å². The van der Waals surface area contributed by atoms with E-state index in [1.54, 1.807) is 6.92 Å². The molecule has 0 bridgehead atoms. The number of ether oxygens (including phenoxy) is 1. The normalized spacial score (nSPS) is 15.9. The SMILES string of the molecule is CCOC(=O)C[C@@H](O)C[C@H](O)C(C)(C)C. The summed E-state index contributed by atoms with van der Waals surface area (Å²) < 4.78 is 4.70. The third-order valence-corrected chi connectivity index (χ3v) is 2.20. The molecule has 90 valence electrons. The molecular formula is C11H22O4. The Morgan fingerprint density at radius 3 is 2.27 bits per heavy atom. The first-order valence-corrected chi connectivity index (χ1v) is 5.29. The van der Waals surface area contributed by atoms with Gasteiger partial charge in [-0.05, 0) is 12.3 Å². The number of aliphatic hydroxyl groups excluding tert-OH is 2. The molecule has 0 saturated carbocycles. The van der Waals surface area contributed by atoms with E-state index in [1.165, 1.54) is 0 Å². The molecule has 2 N–H and O–H groups in total. The molecule has 0 aromatic heterocycles. The van der Waals surface area contributed by atoms with Gasteiger partial charge in [-0.3, -0.25) is 4.79 Å². The molecule has 0 aromatic carbocycles. The number of hydrogen-bond acceptors (Lipinski definition) is 4. The second-order valence-electron chi connectivity index (χ2n) is 4.78. The van der Waals surface area contributed by atoms with Gasteiger partial charge in [0.25, 0.3) is 0 Å². The number of rotatable bonds is 5. The quantitative estimate of drug-likeness (QED) is 0.678. The average Bonchev–Trinajstić information content (AvgIpc) is 2.01. The van der Waals surface area contributed by atoms with Crippen LogP contribution in [0.1, 0.15) is 40.5 Å². The second kappa shape index (κ2) is 6.08. The van der Waals surface area contributed by atoms with Crippen molar-refractivity contribution in [2.24, 2.45) is 5.41 Å². The maximum atomic E-state index is 11.0. The third-order valence-electron chi connectivity index (χ3n) is 2.20. The predicted molar refractivity (Wildman–Crippen MR) is 57.3 cm³/mol. The number of aliphatic hydroxyl groups is 2. The highest BCUT2D eigenvalue weighted by Crippen LogP contribution is 2.23. The van der Waals surface area contributed by atoms with Gasteiger partial charge in [-0.15, -0.1) is 0 Å². The van der Waals surface area contributed by atoms with Gasteiger partial charge in [-0.2, -0.15) is 0 Å². The number of carbonyl (C=O) groups is 1. The van der Waals surface area contributed by atoms with E-state index in [1.807, 2.05) is 20.8 Å². The molecule has 0 spiro atoms. The Morgan fingerprint density at radius 1 is 1.33 bits per heavy atom. The molecule has 4 heteroatoms. The Morgan fingerprint density at radius 2 is 1.87 bits per heavy atom. The molecule has 0 radical (unpaired) electrons. The molecule has 4 nitrogen and oxygen atoms in total. The molecule has 0 aromatic rings. The van der Waals surface area contributed by atoms with Gasteiger partial charge in [-0.1, -0.05) is 20.8 Å². The zero-order valence-corrected chi connectivity index (χ0v) is 9.99. The van der Waals surface area contributed by atoms with Crippen LogP contribution in [0.2, 0.25) is 0 Å². The standard InChI is InChI=1S/C11H22O4/c1-5-15-10(14)7-8(12)6-9(13)11(2,3)4/h8-9,12-13H,5-7H2,1-4H3/t8-,9-/m0/s1. The van der Waals surface area contributed by atoms with E-state index in [4.69, 9.17) is 4.74 Å². The first-order valence-electron chi connectivity index (χ1n) is 5.29. The fraction of sp³-hybridized carbons (Fsp3) is 0.909. The van der Waals surface area contributed by atoms with Gasteiger partial charge in [0.1, 0.15) is 0 Å². The van der Waals surface area contributed by atoms with E-state index in [-0.39, 0.29) is 18.3 Å². The van der Waals surface area contributed by atoms with Crippen LogP contribution in [-0.4, -0.2) is 35.0 Å². The summed E-state index contributed by atoms with van der Waals surface area (Å²) in [6.45, 7) is 7.68. The number of hydrogen-bond donors (Lipinski definition) is 2. The van der Waals surface area contributed by atoms with E-state index in [2.05, 4.69) is 0 Å². The lowest BCUT2D eigenvalue weighted by atomic mass is 9.85. The first kappa shape index (κ1) is 14.4. The van der Waals surface area contributed by atoms with Crippen LogP contribution in [0.25, 0.3) is 0 Å². The van der Waals surface area contributed by atoms with E-state index < -0.39 is 18.2 Å². The maximum absolute atomic E-state index is 11.0. The molecule has 2 atom stereocenters. The highest BCUT2D eigenvalue weighted by molar-refractivity contribution is 5.69. The molecule has 0 saturated heterocycles. The van der Waals surface area contributed by atoms with Crippen molar-refractivity contribution in [3.63, 3.8) is 0 Å². The van der Waals surface area contributed by atoms with Crippen molar-refractivity contribution in [3.05, 3.63) is 0 Å². The van der Waals surface area contributed by atoms with Crippen molar-refractivity contribution >= 4 is 5.97 Å². The van der Waals surface area contributed by atoms with Crippen LogP contribution in [0.4, 0.5) is 0 Å². The smallest absolute Gasteiger partial charge is 0.308 e. The second-order valence-corrected chi connectivity index (χ2v) is 4.78. The van der Waals surface area contributed by atoms with Crippen LogP contribution >= 0.6 is 0 Å². The Balaban J connectivity index is 3.93. The fourth-order valence-electron chi connectivity index (χ4n) is 1.11. The summed E-state index contributed by atoms with van der Waals surface area (Å²) in [6.07, 6.45) is -1.32. The summed E-state index contributed by atoms with van der Waals surface area (Å²) in [5, 5.41) is 19.2. The van der Waals surface area contributed by atoms with E-state index >= 15 is 0 Å². The molecule has 15 heavy (non-hydrogen) atoms. The zero-order valence-electron chi connectivity index (χ0n) is 9.99. The van der Waals surface area contributed by atoms with Gasteiger partial charge < -0.3 is 14.9 Å². The third kappa shape index (κ3) is 6.47. The van der Waals surface area contributed by atoms with E-state index in [0.29, 0.717) is 6.61 Å². The number of carbonyl (C=O) groups excluding carboxylic acids is 1. The molecule has 0 amide bonds. The molecular weight excluding hydrogens is 196 g/mol. The predicted octanol–water partition coefficient (Wildman–Crippen LogP) is 1.10. The Kier molecular flexibility index (Phi) is 5.83. The van der Waals surface area contributed by atoms with Crippen LogP contribution < -0.4 is 0 Å². The van der Waals surface area contributed by atoms with Gasteiger partial charge in [0, 0.05) is 6.42 Å². The minimum atomic E-state index is -0.835. The van der Waals surface area contributed by atoms with Crippen molar-refractivity contribution in [1.29, 1.82) is 0 Å². The summed E-state index contributed by atoms with van der Waals surface area (Å²) in [6, 6.07) is 0. The highest BCUT2D eigenvalue weighted by atomic mass is 16.5. The van der Waals surface area contributed by atoms with Crippen LogP contribution in [-0.2, 0) is 9.53 Å². The number of esters is 1. The van der Waals surface area contributed by atoms with E-state index in [9.17, 15) is 15.0 Å². The van der Waals surface area contributed by atoms with Gasteiger partial charge >= 0.3 is 5.97 Å². The lowest BCUT2D eigenvalue weighted by molar-refractivity contribution is -0.145. The maximum Gasteiger partial charge on any atom is 0.308 e. The highest BCUT2D eigenvalue weighted by Gasteiger charge is 2.25. The van der Waals surface area contributed by atoms with Crippen molar-refractivity contribution in [1.82, 2.24) is 0 Å². The van der Waals surface area contributed by atoms with Gasteiger partial charge in [-0.25, -0.2) is 0 Å². The Hall–Kier alpha value is -0.610. The fourth-order valence-corrected chi connectivity index (χ4v) is 1.11. The van der Waals surface area contributed by atoms with Crippen molar-refractivity contribution in [2.45, 2.75) is 52.7 Å². The van der Waals surface area contributed by atoms with Crippen LogP contribution in [0, 0.1) is 5.41 Å². The van der Waals surface area contributed by atoms with Gasteiger partial charge in [0.05, 0.1) is 25.2 Å². The molecule has 0 unspecified atom stereocenters. The topological polar surface area (TPSA) is 66.8 Å². The molecule has 0 rings (SSSR count). The van der Waals surface area contributed by atoms with Gasteiger partial charge in [0.2, 0.25) is 0 Å². The summed E-state index contributed by atoms with van der Waals surface area (Å²) >= 11 is 0. The Bertz CT molecular complexity index is 195. The minimum Gasteiger partial charge on any atom is -0.466 e. The zero-order chi connectivity index (χ0) is 12.1. The minimum absolute atomic E-state index is 0.0546. The van der Waals surface area contributed by atoms with Crippen molar-refractivity contribution in [3.8, 4) is 0 Å². The largest absolute Gasteiger partial charge is 0.466 e. The summed E-state index contributed by atoms with van der Waals surface area (Å²) in [7, 11) is 0. The van der Waals surface area contributed by atoms with Crippen LogP contribution in [0.15, 0.2) is 0 Å². The summed E-state index contributed by atoms with van der Waals surface area (Å²) in [5.74, 6) is -0.425. The van der Waals surface area contributed by atoms with Crippen LogP contribution in [0.3, 0.4) is 0 Å². The average molecular weight is 218 g/mol. The van der Waals surface area contributed by atoms with Gasteiger partial charge in [0.15, 0.2) is 0 Å². The lowest BCUT2D eigenvalue weighted by Crippen LogP contribution is -2.31. The molecule has 0 heterocycles. The first-order chi connectivity index (χ1) is 6.77. The molecule has 0 aliphatic rings. The molecule has 0 aliphatic carbocycles. The van der Waals surface area contributed by atoms with Crippen molar-refractivity contribution < 1.29 is 19.7 Å². The lowest BCUT2D eigenvalue weighted by Gasteiger charge is -2.27. The van der Waals surface area contributed by atoms with E-state index in [0.717, 1.165) is 0 Å². The summed E-state index contributed by atoms with van der Waals surface area (Å²) in [5.41, 5.74) is -0.282. The molecule has 0 aliphatic heterocycles. The van der Waals surface area contributed by atoms with Crippen molar-refractivity contribution in [2.75, 3.05) is 6.61 Å². The Labute approximate surface area is 91.3 Å². The summed E-state index contributed by atoms with van der Waals surface area (Å²) in [4.78, 5) is 11.0. The monoisotopic (exact) mass is 218 g/mol.